The third-order valence-corrected chi connectivity index (χ3v) is 4.31. The molecule has 0 aliphatic carbocycles. The van der Waals surface area contributed by atoms with Crippen LogP contribution in [0.15, 0.2) is 30.6 Å². The molecule has 0 spiro atoms. The summed E-state index contributed by atoms with van der Waals surface area (Å²) >= 11 is 1.31. The summed E-state index contributed by atoms with van der Waals surface area (Å²) in [6, 6.07) is 3.20. The molecule has 6 nitrogen and oxygen atoms in total. The molecule has 0 fully saturated rings. The van der Waals surface area contributed by atoms with Crippen LogP contribution in [0, 0.1) is 11.6 Å². The van der Waals surface area contributed by atoms with Crippen molar-refractivity contribution in [2.75, 3.05) is 0 Å². The molecular formula is C14H10F2N6S. The molecule has 116 valence electrons. The number of hydrogen-bond donors (Lipinski definition) is 0. The molecule has 0 atom stereocenters. The smallest absolute Gasteiger partial charge is 0.235 e. The highest BCUT2D eigenvalue weighted by molar-refractivity contribution is 7.19. The second-order valence-corrected chi connectivity index (χ2v) is 5.79. The van der Waals surface area contributed by atoms with Gasteiger partial charge < -0.3 is 0 Å². The SMILES string of the molecule is CCn1cc(-c2nn3c(-c4cc(F)ccc4F)nnc3s2)cn1. The van der Waals surface area contributed by atoms with Gasteiger partial charge in [0.05, 0.1) is 17.3 Å². The zero-order valence-corrected chi connectivity index (χ0v) is 12.8. The molecule has 0 N–H and O–H groups in total. The Labute approximate surface area is 133 Å². The van der Waals surface area contributed by atoms with E-state index in [-0.39, 0.29) is 11.4 Å². The third kappa shape index (κ3) is 2.29. The lowest BCUT2D eigenvalue weighted by atomic mass is 10.2. The van der Waals surface area contributed by atoms with Crippen molar-refractivity contribution in [2.45, 2.75) is 13.5 Å². The molecule has 0 amide bonds. The molecule has 0 saturated heterocycles. The zero-order chi connectivity index (χ0) is 16.0. The fraction of sp³-hybridized carbons (Fsp3) is 0.143. The Bertz CT molecular complexity index is 1000. The first-order chi connectivity index (χ1) is 11.2. The van der Waals surface area contributed by atoms with E-state index < -0.39 is 11.6 Å². The molecule has 3 heterocycles. The van der Waals surface area contributed by atoms with Crippen LogP contribution in [0.5, 0.6) is 0 Å². The summed E-state index contributed by atoms with van der Waals surface area (Å²) in [5, 5.41) is 17.2. The molecule has 4 aromatic rings. The van der Waals surface area contributed by atoms with Gasteiger partial charge in [0.2, 0.25) is 4.96 Å². The Kier molecular flexibility index (Phi) is 3.15. The number of hydrogen-bond acceptors (Lipinski definition) is 5. The number of fused-ring (bicyclic) bond motifs is 1. The van der Waals surface area contributed by atoms with Crippen LogP contribution in [0.2, 0.25) is 0 Å². The van der Waals surface area contributed by atoms with Gasteiger partial charge in [0, 0.05) is 12.7 Å². The first-order valence-electron chi connectivity index (χ1n) is 6.86. The first kappa shape index (κ1) is 13.9. The Balaban J connectivity index is 1.85. The molecule has 4 rings (SSSR count). The predicted octanol–water partition coefficient (Wildman–Crippen LogP) is 3.01. The van der Waals surface area contributed by atoms with Crippen molar-refractivity contribution in [1.29, 1.82) is 0 Å². The summed E-state index contributed by atoms with van der Waals surface area (Å²) in [7, 11) is 0. The molecule has 1 aromatic carbocycles. The van der Waals surface area contributed by atoms with Crippen LogP contribution in [-0.4, -0.2) is 29.6 Å². The van der Waals surface area contributed by atoms with Gasteiger partial charge in [-0.05, 0) is 25.1 Å². The van der Waals surface area contributed by atoms with E-state index >= 15 is 0 Å². The van der Waals surface area contributed by atoms with Gasteiger partial charge in [-0.25, -0.2) is 8.78 Å². The number of nitrogens with zero attached hydrogens (tertiary/aromatic N) is 6. The summed E-state index contributed by atoms with van der Waals surface area (Å²) in [5.74, 6) is -0.950. The minimum Gasteiger partial charge on any atom is -0.272 e. The highest BCUT2D eigenvalue weighted by Crippen LogP contribution is 2.29. The molecule has 0 bridgehead atoms. The second kappa shape index (κ2) is 5.20. The second-order valence-electron chi connectivity index (χ2n) is 4.83. The summed E-state index contributed by atoms with van der Waals surface area (Å²) in [4.78, 5) is 0.503. The van der Waals surface area contributed by atoms with Crippen molar-refractivity contribution in [1.82, 2.24) is 29.6 Å². The quantitative estimate of drug-likeness (QED) is 0.579. The average Bonchev–Trinajstić information content (AvgIpc) is 3.23. The third-order valence-electron chi connectivity index (χ3n) is 3.36. The van der Waals surface area contributed by atoms with Gasteiger partial charge in [0.25, 0.3) is 0 Å². The molecule has 9 heteroatoms. The standard InChI is InChI=1S/C14H10F2N6S/c1-2-21-7-8(6-17-21)13-20-22-12(18-19-14(22)23-13)10-5-9(15)3-4-11(10)16/h3-7H,2H2,1H3. The summed E-state index contributed by atoms with van der Waals surface area (Å²) in [6.07, 6.45) is 3.58. The average molecular weight is 332 g/mol. The van der Waals surface area contributed by atoms with Crippen LogP contribution < -0.4 is 0 Å². The highest BCUT2D eigenvalue weighted by atomic mass is 32.1. The predicted molar refractivity (Wildman–Crippen MR) is 80.9 cm³/mol. The van der Waals surface area contributed by atoms with Crippen molar-refractivity contribution < 1.29 is 8.78 Å². The monoisotopic (exact) mass is 332 g/mol. The van der Waals surface area contributed by atoms with Gasteiger partial charge >= 0.3 is 0 Å². The van der Waals surface area contributed by atoms with Crippen LogP contribution in [0.3, 0.4) is 0 Å². The fourth-order valence-electron chi connectivity index (χ4n) is 2.22. The van der Waals surface area contributed by atoms with E-state index in [9.17, 15) is 8.78 Å². The van der Waals surface area contributed by atoms with Crippen LogP contribution in [0.1, 0.15) is 6.92 Å². The molecule has 0 aliphatic rings. The van der Waals surface area contributed by atoms with E-state index in [4.69, 9.17) is 0 Å². The first-order valence-corrected chi connectivity index (χ1v) is 7.68. The van der Waals surface area contributed by atoms with Crippen molar-refractivity contribution in [3.63, 3.8) is 0 Å². The Morgan fingerprint density at radius 1 is 1.22 bits per heavy atom. The molecule has 0 unspecified atom stereocenters. The van der Waals surface area contributed by atoms with Crippen molar-refractivity contribution in [3.05, 3.63) is 42.2 Å². The van der Waals surface area contributed by atoms with Gasteiger partial charge in [0.1, 0.15) is 11.6 Å². The summed E-state index contributed by atoms with van der Waals surface area (Å²) in [6.45, 7) is 2.74. The van der Waals surface area contributed by atoms with Gasteiger partial charge in [0.15, 0.2) is 10.8 Å². The Morgan fingerprint density at radius 3 is 2.87 bits per heavy atom. The summed E-state index contributed by atoms with van der Waals surface area (Å²) in [5.41, 5.74) is 0.867. The van der Waals surface area contributed by atoms with E-state index in [0.717, 1.165) is 30.3 Å². The maximum absolute atomic E-state index is 14.0. The van der Waals surface area contributed by atoms with Crippen LogP contribution >= 0.6 is 11.3 Å². The minimum absolute atomic E-state index is 0.0265. The maximum atomic E-state index is 14.0. The lowest BCUT2D eigenvalue weighted by Gasteiger charge is -1.99. The van der Waals surface area contributed by atoms with Gasteiger partial charge in [-0.1, -0.05) is 11.3 Å². The van der Waals surface area contributed by atoms with Crippen LogP contribution in [0.4, 0.5) is 8.78 Å². The van der Waals surface area contributed by atoms with Gasteiger partial charge in [-0.15, -0.1) is 10.2 Å². The minimum atomic E-state index is -0.575. The number of aryl methyl sites for hydroxylation is 1. The molecule has 23 heavy (non-hydrogen) atoms. The van der Waals surface area contributed by atoms with Crippen molar-refractivity contribution in [3.8, 4) is 22.0 Å². The molecule has 0 saturated carbocycles. The lowest BCUT2D eigenvalue weighted by Crippen LogP contribution is -1.94. The molecule has 0 radical (unpaired) electrons. The van der Waals surface area contributed by atoms with E-state index in [0.29, 0.717) is 9.97 Å². The highest BCUT2D eigenvalue weighted by Gasteiger charge is 2.18. The topological polar surface area (TPSA) is 60.9 Å². The Hall–Kier alpha value is -2.68. The number of halogens is 2. The Morgan fingerprint density at radius 2 is 2.09 bits per heavy atom. The molecule has 3 aromatic heterocycles. The fourth-order valence-corrected chi connectivity index (χ4v) is 3.03. The number of rotatable bonds is 3. The summed E-state index contributed by atoms with van der Waals surface area (Å²) < 4.78 is 30.6. The molecular weight excluding hydrogens is 322 g/mol. The van der Waals surface area contributed by atoms with E-state index in [2.05, 4.69) is 20.4 Å². The lowest BCUT2D eigenvalue weighted by molar-refractivity contribution is 0.601. The largest absolute Gasteiger partial charge is 0.272 e. The van der Waals surface area contributed by atoms with Crippen LogP contribution in [-0.2, 0) is 6.54 Å². The van der Waals surface area contributed by atoms with Gasteiger partial charge in [-0.3, -0.25) is 4.68 Å². The zero-order valence-electron chi connectivity index (χ0n) is 11.9. The normalized spacial score (nSPS) is 11.4. The van der Waals surface area contributed by atoms with E-state index in [1.165, 1.54) is 15.9 Å². The van der Waals surface area contributed by atoms with Crippen LogP contribution in [0.25, 0.3) is 26.9 Å². The van der Waals surface area contributed by atoms with E-state index in [1.54, 1.807) is 10.9 Å². The van der Waals surface area contributed by atoms with Crippen molar-refractivity contribution >= 4 is 16.3 Å². The molecule has 0 aliphatic heterocycles. The number of aromatic nitrogens is 6. The number of benzene rings is 1. The van der Waals surface area contributed by atoms with E-state index in [1.807, 2.05) is 13.1 Å². The van der Waals surface area contributed by atoms with Crippen molar-refractivity contribution in [2.24, 2.45) is 0 Å². The maximum Gasteiger partial charge on any atom is 0.235 e. The van der Waals surface area contributed by atoms with Gasteiger partial charge in [-0.2, -0.15) is 14.7 Å².